The van der Waals surface area contributed by atoms with Crippen LogP contribution in [0.2, 0.25) is 0 Å². The standard InChI is InChI=1S/C20H31N3O2/c1-24-19-8-9-21-18(20(19)25-2)14-22-10-16-6-7-17(13-22)23(12-16)11-15-4-3-5-15/h8-9,15-17H,3-7,10-14H2,1-2H3/t16-,17+/m0/s1. The van der Waals surface area contributed by atoms with Gasteiger partial charge in [-0.25, -0.2) is 0 Å². The number of hydrogen-bond acceptors (Lipinski definition) is 5. The molecule has 3 saturated heterocycles. The van der Waals surface area contributed by atoms with E-state index in [9.17, 15) is 0 Å². The minimum atomic E-state index is 0.718. The van der Waals surface area contributed by atoms with Gasteiger partial charge < -0.3 is 9.47 Å². The van der Waals surface area contributed by atoms with E-state index in [1.807, 2.05) is 12.3 Å². The molecule has 3 aliphatic heterocycles. The zero-order valence-corrected chi connectivity index (χ0v) is 15.6. The highest BCUT2D eigenvalue weighted by molar-refractivity contribution is 5.42. The van der Waals surface area contributed by atoms with Gasteiger partial charge in [-0.1, -0.05) is 6.42 Å². The van der Waals surface area contributed by atoms with E-state index in [0.29, 0.717) is 0 Å². The summed E-state index contributed by atoms with van der Waals surface area (Å²) >= 11 is 0. The van der Waals surface area contributed by atoms with Crippen molar-refractivity contribution >= 4 is 0 Å². The molecule has 2 bridgehead atoms. The minimum Gasteiger partial charge on any atom is -0.493 e. The van der Waals surface area contributed by atoms with Crippen LogP contribution in [0.3, 0.4) is 0 Å². The Morgan fingerprint density at radius 1 is 1.08 bits per heavy atom. The Hall–Kier alpha value is -1.33. The monoisotopic (exact) mass is 345 g/mol. The summed E-state index contributed by atoms with van der Waals surface area (Å²) < 4.78 is 11.0. The molecule has 0 N–H and O–H groups in total. The fourth-order valence-electron chi connectivity index (χ4n) is 4.81. The molecule has 1 aromatic rings. The number of nitrogens with zero attached hydrogens (tertiary/aromatic N) is 3. The molecular formula is C20H31N3O2. The van der Waals surface area contributed by atoms with Crippen molar-refractivity contribution in [2.45, 2.75) is 44.7 Å². The second kappa shape index (κ2) is 7.50. The minimum absolute atomic E-state index is 0.718. The Balaban J connectivity index is 1.45. The quantitative estimate of drug-likeness (QED) is 0.793. The summed E-state index contributed by atoms with van der Waals surface area (Å²) in [5, 5.41) is 0. The van der Waals surface area contributed by atoms with Gasteiger partial charge in [-0.15, -0.1) is 0 Å². The van der Waals surface area contributed by atoms with Crippen LogP contribution >= 0.6 is 0 Å². The van der Waals surface area contributed by atoms with Gasteiger partial charge in [-0.05, 0) is 37.5 Å². The average molecular weight is 345 g/mol. The van der Waals surface area contributed by atoms with Gasteiger partial charge in [0.15, 0.2) is 11.5 Å². The first kappa shape index (κ1) is 17.1. The number of ether oxygens (including phenoxy) is 2. The summed E-state index contributed by atoms with van der Waals surface area (Å²) in [6, 6.07) is 2.59. The SMILES string of the molecule is COc1ccnc(CN2C[C@@H]3CC[C@H](C2)N(CC2CCC2)C3)c1OC. The molecule has 25 heavy (non-hydrogen) atoms. The Kier molecular flexibility index (Phi) is 5.13. The van der Waals surface area contributed by atoms with Gasteiger partial charge in [0.1, 0.15) is 5.69 Å². The normalized spacial score (nSPS) is 27.8. The molecule has 0 radical (unpaired) electrons. The topological polar surface area (TPSA) is 37.8 Å². The molecule has 2 atom stereocenters. The van der Waals surface area contributed by atoms with Crippen LogP contribution in [-0.4, -0.2) is 61.2 Å². The fraction of sp³-hybridized carbons (Fsp3) is 0.750. The molecule has 0 unspecified atom stereocenters. The Morgan fingerprint density at radius 2 is 1.96 bits per heavy atom. The number of rotatable bonds is 6. The molecule has 0 spiro atoms. The van der Waals surface area contributed by atoms with E-state index < -0.39 is 0 Å². The number of fused-ring (bicyclic) bond motifs is 4. The average Bonchev–Trinajstić information content (AvgIpc) is 2.88. The summed E-state index contributed by atoms with van der Waals surface area (Å²) in [6.07, 6.45) is 8.90. The number of aromatic nitrogens is 1. The third kappa shape index (κ3) is 3.63. The van der Waals surface area contributed by atoms with Crippen LogP contribution in [0.25, 0.3) is 0 Å². The van der Waals surface area contributed by atoms with Gasteiger partial charge in [0.25, 0.3) is 0 Å². The first-order valence-electron chi connectivity index (χ1n) is 9.79. The molecule has 5 heteroatoms. The van der Waals surface area contributed by atoms with Crippen molar-refractivity contribution in [1.29, 1.82) is 0 Å². The van der Waals surface area contributed by atoms with Crippen molar-refractivity contribution < 1.29 is 9.47 Å². The lowest BCUT2D eigenvalue weighted by Gasteiger charge is -2.40. The third-order valence-electron chi connectivity index (χ3n) is 6.36. The van der Waals surface area contributed by atoms with Crippen LogP contribution in [0.1, 0.15) is 37.8 Å². The molecule has 0 aromatic carbocycles. The van der Waals surface area contributed by atoms with Crippen LogP contribution in [-0.2, 0) is 6.54 Å². The van der Waals surface area contributed by atoms with Gasteiger partial charge in [-0.2, -0.15) is 0 Å². The van der Waals surface area contributed by atoms with Crippen LogP contribution < -0.4 is 9.47 Å². The highest BCUT2D eigenvalue weighted by atomic mass is 16.5. The number of piperidine rings is 1. The highest BCUT2D eigenvalue weighted by Crippen LogP contribution is 2.35. The first-order valence-corrected chi connectivity index (χ1v) is 9.79. The van der Waals surface area contributed by atoms with Gasteiger partial charge in [0, 0.05) is 51.0 Å². The van der Waals surface area contributed by atoms with E-state index in [1.165, 1.54) is 51.7 Å². The van der Waals surface area contributed by atoms with Gasteiger partial charge in [0.05, 0.1) is 14.2 Å². The van der Waals surface area contributed by atoms with Crippen molar-refractivity contribution in [2.75, 3.05) is 40.4 Å². The van der Waals surface area contributed by atoms with E-state index in [4.69, 9.17) is 9.47 Å². The Labute approximate surface area is 151 Å². The molecule has 1 aromatic heterocycles. The maximum atomic E-state index is 5.58. The maximum Gasteiger partial charge on any atom is 0.183 e. The second-order valence-corrected chi connectivity index (χ2v) is 8.04. The van der Waals surface area contributed by atoms with Crippen LogP contribution in [0.15, 0.2) is 12.3 Å². The van der Waals surface area contributed by atoms with Crippen molar-refractivity contribution in [3.8, 4) is 11.5 Å². The summed E-state index contributed by atoms with van der Waals surface area (Å²) in [4.78, 5) is 9.97. The van der Waals surface area contributed by atoms with E-state index in [-0.39, 0.29) is 0 Å². The lowest BCUT2D eigenvalue weighted by Crippen LogP contribution is -2.46. The number of pyridine rings is 1. The molecule has 0 amide bonds. The van der Waals surface area contributed by atoms with Gasteiger partial charge in [0.2, 0.25) is 0 Å². The molecule has 4 fully saturated rings. The molecule has 138 valence electrons. The largest absolute Gasteiger partial charge is 0.493 e. The predicted octanol–water partition coefficient (Wildman–Crippen LogP) is 2.80. The smallest absolute Gasteiger partial charge is 0.183 e. The number of hydrogen-bond donors (Lipinski definition) is 0. The first-order chi connectivity index (χ1) is 12.3. The lowest BCUT2D eigenvalue weighted by molar-refractivity contribution is 0.0890. The summed E-state index contributed by atoms with van der Waals surface area (Å²) in [7, 11) is 3.39. The summed E-state index contributed by atoms with van der Waals surface area (Å²) in [6.45, 7) is 5.81. The fourth-order valence-corrected chi connectivity index (χ4v) is 4.81. The molecule has 5 rings (SSSR count). The summed E-state index contributed by atoms with van der Waals surface area (Å²) in [5.41, 5.74) is 0.994. The van der Waals surface area contributed by atoms with E-state index >= 15 is 0 Å². The molecular weight excluding hydrogens is 314 g/mol. The lowest BCUT2D eigenvalue weighted by atomic mass is 9.83. The van der Waals surface area contributed by atoms with Crippen molar-refractivity contribution in [2.24, 2.45) is 11.8 Å². The van der Waals surface area contributed by atoms with Crippen molar-refractivity contribution in [1.82, 2.24) is 14.8 Å². The molecule has 1 saturated carbocycles. The molecule has 1 aliphatic carbocycles. The number of methoxy groups -OCH3 is 2. The van der Waals surface area contributed by atoms with E-state index in [2.05, 4.69) is 14.8 Å². The van der Waals surface area contributed by atoms with Crippen molar-refractivity contribution in [3.63, 3.8) is 0 Å². The molecule has 4 aliphatic rings. The zero-order chi connectivity index (χ0) is 17.2. The van der Waals surface area contributed by atoms with Gasteiger partial charge >= 0.3 is 0 Å². The van der Waals surface area contributed by atoms with Crippen LogP contribution in [0, 0.1) is 11.8 Å². The second-order valence-electron chi connectivity index (χ2n) is 8.04. The third-order valence-corrected chi connectivity index (χ3v) is 6.36. The molecule has 5 nitrogen and oxygen atoms in total. The zero-order valence-electron chi connectivity index (χ0n) is 15.6. The highest BCUT2D eigenvalue weighted by Gasteiger charge is 2.36. The maximum absolute atomic E-state index is 5.58. The summed E-state index contributed by atoms with van der Waals surface area (Å²) in [5.74, 6) is 3.33. The van der Waals surface area contributed by atoms with Crippen LogP contribution in [0.4, 0.5) is 0 Å². The molecule has 4 heterocycles. The Morgan fingerprint density at radius 3 is 2.68 bits per heavy atom. The van der Waals surface area contributed by atoms with Crippen molar-refractivity contribution in [3.05, 3.63) is 18.0 Å². The van der Waals surface area contributed by atoms with E-state index in [1.54, 1.807) is 14.2 Å². The van der Waals surface area contributed by atoms with E-state index in [0.717, 1.165) is 48.2 Å². The van der Waals surface area contributed by atoms with Crippen LogP contribution in [0.5, 0.6) is 11.5 Å². The predicted molar refractivity (Wildman–Crippen MR) is 98.0 cm³/mol. The van der Waals surface area contributed by atoms with Gasteiger partial charge in [-0.3, -0.25) is 14.8 Å². The Bertz CT molecular complexity index is 590.